The van der Waals surface area contributed by atoms with Gasteiger partial charge in [-0.1, -0.05) is 0 Å². The minimum atomic E-state index is -3.85. The van der Waals surface area contributed by atoms with Gasteiger partial charge in [0.2, 0.25) is 0 Å². The second-order valence-corrected chi connectivity index (χ2v) is 18.3. The molecule has 0 aromatic carbocycles. The second kappa shape index (κ2) is 6.53. The molecule has 4 heteroatoms. The molecular weight excluding hydrogens is 383 g/mol. The molecular formula is C18H38O3Sn. The molecule has 0 aliphatic heterocycles. The van der Waals surface area contributed by atoms with Gasteiger partial charge in [0.1, 0.15) is 0 Å². The number of hydrogen-bond acceptors (Lipinski definition) is 3. The van der Waals surface area contributed by atoms with Crippen LogP contribution >= 0.6 is 0 Å². The molecule has 0 N–H and O–H groups in total. The van der Waals surface area contributed by atoms with E-state index in [2.05, 4.69) is 69.2 Å². The van der Waals surface area contributed by atoms with Gasteiger partial charge in [0.25, 0.3) is 0 Å². The van der Waals surface area contributed by atoms with Gasteiger partial charge in [-0.25, -0.2) is 0 Å². The van der Waals surface area contributed by atoms with Crippen LogP contribution in [0.2, 0.25) is 3.43 Å². The number of rotatable bonds is 4. The summed E-state index contributed by atoms with van der Waals surface area (Å²) in [5, 5.41) is 0. The van der Waals surface area contributed by atoms with Gasteiger partial charge in [0.15, 0.2) is 0 Å². The molecule has 0 amide bonds. The van der Waals surface area contributed by atoms with Crippen molar-refractivity contribution in [1.29, 1.82) is 0 Å². The molecule has 0 aromatic rings. The van der Waals surface area contributed by atoms with Gasteiger partial charge in [0.05, 0.1) is 0 Å². The monoisotopic (exact) mass is 422 g/mol. The van der Waals surface area contributed by atoms with Crippen molar-refractivity contribution in [2.75, 3.05) is 0 Å². The minimum absolute atomic E-state index is 0.0719. The standard InChI is InChI=1S/C6H11.3C4H9O.Sn/c1-6-4-2-3-5-6;3*1-4(2,3)5;/h2-5H2,1H3;3*1-3H3;/q;3*-1;+3. The summed E-state index contributed by atoms with van der Waals surface area (Å²) >= 11 is -3.85. The van der Waals surface area contributed by atoms with Gasteiger partial charge < -0.3 is 0 Å². The summed E-state index contributed by atoms with van der Waals surface area (Å²) < 4.78 is 20.3. The first-order valence-corrected chi connectivity index (χ1v) is 13.6. The van der Waals surface area contributed by atoms with Gasteiger partial charge in [-0.2, -0.15) is 0 Å². The van der Waals surface area contributed by atoms with Crippen LogP contribution in [0.5, 0.6) is 0 Å². The quantitative estimate of drug-likeness (QED) is 0.545. The average Bonchev–Trinajstić information content (AvgIpc) is 2.57. The van der Waals surface area contributed by atoms with Gasteiger partial charge in [-0.15, -0.1) is 0 Å². The fraction of sp³-hybridized carbons (Fsp3) is 1.00. The average molecular weight is 421 g/mol. The SMILES string of the molecule is CC(C)(C)[O][Sn]([O]C(C)(C)C)([O]C(C)(C)C)[C]1(C)CCCC1. The first-order chi connectivity index (χ1) is 9.58. The van der Waals surface area contributed by atoms with E-state index in [0.29, 0.717) is 0 Å². The molecule has 1 saturated carbocycles. The van der Waals surface area contributed by atoms with Crippen LogP contribution in [0.15, 0.2) is 0 Å². The molecule has 1 aliphatic carbocycles. The van der Waals surface area contributed by atoms with E-state index in [1.54, 1.807) is 0 Å². The summed E-state index contributed by atoms with van der Waals surface area (Å²) in [7, 11) is 0. The van der Waals surface area contributed by atoms with Crippen molar-refractivity contribution < 1.29 is 9.22 Å². The Morgan fingerprint density at radius 3 is 1.14 bits per heavy atom. The predicted octanol–water partition coefficient (Wildman–Crippen LogP) is 5.70. The van der Waals surface area contributed by atoms with E-state index in [1.807, 2.05) is 0 Å². The van der Waals surface area contributed by atoms with E-state index in [-0.39, 0.29) is 20.2 Å². The summed E-state index contributed by atoms with van der Waals surface area (Å²) in [5.41, 5.74) is -0.755. The van der Waals surface area contributed by atoms with Gasteiger partial charge >= 0.3 is 144 Å². The topological polar surface area (TPSA) is 27.7 Å². The third-order valence-electron chi connectivity index (χ3n) is 3.77. The Bertz CT molecular complexity index is 324. The Balaban J connectivity index is 3.34. The van der Waals surface area contributed by atoms with E-state index in [1.165, 1.54) is 12.8 Å². The molecule has 0 radical (unpaired) electrons. The van der Waals surface area contributed by atoms with Crippen LogP contribution < -0.4 is 0 Å². The normalized spacial score (nSPS) is 20.5. The Morgan fingerprint density at radius 2 is 0.909 bits per heavy atom. The molecule has 22 heavy (non-hydrogen) atoms. The van der Waals surface area contributed by atoms with Gasteiger partial charge in [-0.05, 0) is 0 Å². The predicted molar refractivity (Wildman–Crippen MR) is 95.1 cm³/mol. The van der Waals surface area contributed by atoms with Crippen molar-refractivity contribution in [1.82, 2.24) is 0 Å². The van der Waals surface area contributed by atoms with Crippen molar-refractivity contribution in [2.24, 2.45) is 0 Å². The van der Waals surface area contributed by atoms with E-state index >= 15 is 0 Å². The molecule has 0 saturated heterocycles. The third kappa shape index (κ3) is 5.95. The van der Waals surface area contributed by atoms with Crippen molar-refractivity contribution >= 4 is 19.6 Å². The third-order valence-corrected chi connectivity index (χ3v) is 17.0. The zero-order chi connectivity index (χ0) is 17.4. The summed E-state index contributed by atoms with van der Waals surface area (Å²) in [4.78, 5) is 0. The van der Waals surface area contributed by atoms with Gasteiger partial charge in [-0.3, -0.25) is 0 Å². The van der Waals surface area contributed by atoms with Crippen LogP contribution in [0.4, 0.5) is 0 Å². The first kappa shape index (κ1) is 20.7. The summed E-state index contributed by atoms with van der Waals surface area (Å²) in [6, 6.07) is 0. The van der Waals surface area contributed by atoms with Gasteiger partial charge in [0, 0.05) is 0 Å². The summed E-state index contributed by atoms with van der Waals surface area (Å²) in [6.45, 7) is 21.4. The second-order valence-electron chi connectivity index (χ2n) is 9.97. The van der Waals surface area contributed by atoms with E-state index in [4.69, 9.17) is 9.22 Å². The van der Waals surface area contributed by atoms with Crippen molar-refractivity contribution in [3.8, 4) is 0 Å². The van der Waals surface area contributed by atoms with Crippen LogP contribution in [0.25, 0.3) is 0 Å². The molecule has 0 spiro atoms. The molecule has 1 fully saturated rings. The molecule has 1 rings (SSSR count). The molecule has 132 valence electrons. The van der Waals surface area contributed by atoms with E-state index < -0.39 is 19.6 Å². The molecule has 1 aliphatic rings. The molecule has 0 unspecified atom stereocenters. The maximum absolute atomic E-state index is 6.73. The molecule has 0 aromatic heterocycles. The van der Waals surface area contributed by atoms with E-state index in [0.717, 1.165) is 12.8 Å². The van der Waals surface area contributed by atoms with Crippen LogP contribution in [-0.2, 0) is 9.22 Å². The Kier molecular flexibility index (Phi) is 6.15. The summed E-state index contributed by atoms with van der Waals surface area (Å²) in [5.74, 6) is 0. The van der Waals surface area contributed by atoms with Crippen molar-refractivity contribution in [3.05, 3.63) is 0 Å². The Labute approximate surface area is 144 Å². The van der Waals surface area contributed by atoms with Crippen LogP contribution in [0.1, 0.15) is 94.9 Å². The van der Waals surface area contributed by atoms with Crippen LogP contribution in [0.3, 0.4) is 0 Å². The maximum atomic E-state index is 6.73. The fourth-order valence-corrected chi connectivity index (χ4v) is 15.2. The summed E-state index contributed by atoms with van der Waals surface area (Å²) in [6.07, 6.45) is 4.82. The zero-order valence-corrected chi connectivity index (χ0v) is 19.4. The van der Waals surface area contributed by atoms with E-state index in [9.17, 15) is 0 Å². The zero-order valence-electron chi connectivity index (χ0n) is 16.6. The molecule has 3 nitrogen and oxygen atoms in total. The first-order valence-electron chi connectivity index (χ1n) is 8.68. The van der Waals surface area contributed by atoms with Crippen molar-refractivity contribution in [2.45, 2.75) is 115 Å². The van der Waals surface area contributed by atoms with Crippen molar-refractivity contribution in [3.63, 3.8) is 0 Å². The van der Waals surface area contributed by atoms with Crippen LogP contribution in [-0.4, -0.2) is 36.4 Å². The molecule has 0 bridgehead atoms. The number of hydrogen-bond donors (Lipinski definition) is 0. The molecule has 0 atom stereocenters. The Hall–Kier alpha value is 0.679. The Morgan fingerprint density at radius 1 is 0.636 bits per heavy atom. The molecule has 0 heterocycles. The van der Waals surface area contributed by atoms with Crippen LogP contribution in [0, 0.1) is 0 Å². The fourth-order valence-electron chi connectivity index (χ4n) is 3.10.